The molecule has 0 aliphatic rings. The lowest BCUT2D eigenvalue weighted by atomic mass is 10.1. The van der Waals surface area contributed by atoms with Crippen LogP contribution in [0.3, 0.4) is 0 Å². The number of aromatic nitrogens is 1. The number of benzene rings is 1. The molecule has 1 heterocycles. The molecule has 0 aliphatic carbocycles. The first-order chi connectivity index (χ1) is 8.13. The van der Waals surface area contributed by atoms with Crippen molar-refractivity contribution >= 4 is 17.4 Å². The molecule has 0 atom stereocenters. The number of anilines is 1. The van der Waals surface area contributed by atoms with Crippen molar-refractivity contribution in [3.05, 3.63) is 58.2 Å². The molecule has 3 heteroatoms. The number of nitrogens with one attached hydrogen (secondary N) is 1. The topological polar surface area (TPSA) is 24.9 Å². The van der Waals surface area contributed by atoms with Crippen LogP contribution in [0.5, 0.6) is 0 Å². The Kier molecular flexibility index (Phi) is 3.64. The molecule has 0 amide bonds. The number of aryl methyl sites for hydroxylation is 2. The Hall–Kier alpha value is -1.54. The quantitative estimate of drug-likeness (QED) is 0.887. The van der Waals surface area contributed by atoms with Gasteiger partial charge in [-0.05, 0) is 31.5 Å². The third-order valence-corrected chi connectivity index (χ3v) is 2.71. The predicted molar refractivity (Wildman–Crippen MR) is 72.5 cm³/mol. The lowest BCUT2D eigenvalue weighted by Crippen LogP contribution is -2.01. The molecule has 1 N–H and O–H groups in total. The minimum absolute atomic E-state index is 0.655. The number of rotatable bonds is 3. The number of nitrogens with zero attached hydrogens (tertiary/aromatic N) is 1. The Labute approximate surface area is 107 Å². The monoisotopic (exact) mass is 246 g/mol. The van der Waals surface area contributed by atoms with Crippen LogP contribution in [0.15, 0.2) is 36.5 Å². The smallest absolute Gasteiger partial charge is 0.126 e. The molecule has 0 spiro atoms. The Morgan fingerprint density at radius 2 is 1.82 bits per heavy atom. The minimum Gasteiger partial charge on any atom is -0.366 e. The van der Waals surface area contributed by atoms with Gasteiger partial charge in [0.25, 0.3) is 0 Å². The highest BCUT2D eigenvalue weighted by Crippen LogP contribution is 2.13. The van der Waals surface area contributed by atoms with Gasteiger partial charge in [-0.1, -0.05) is 40.9 Å². The molecule has 0 saturated heterocycles. The van der Waals surface area contributed by atoms with Crippen LogP contribution >= 0.6 is 11.6 Å². The normalized spacial score (nSPS) is 10.3. The van der Waals surface area contributed by atoms with Crippen molar-refractivity contribution < 1.29 is 0 Å². The summed E-state index contributed by atoms with van der Waals surface area (Å²) in [6, 6.07) is 10.2. The zero-order valence-corrected chi connectivity index (χ0v) is 10.8. The molecule has 2 aromatic rings. The lowest BCUT2D eigenvalue weighted by Gasteiger charge is -2.07. The highest BCUT2D eigenvalue weighted by atomic mass is 35.5. The van der Waals surface area contributed by atoms with Gasteiger partial charge in [0, 0.05) is 12.7 Å². The van der Waals surface area contributed by atoms with Gasteiger partial charge in [0.2, 0.25) is 0 Å². The fourth-order valence-electron chi connectivity index (χ4n) is 1.84. The molecule has 0 radical (unpaired) electrons. The maximum atomic E-state index is 5.78. The second-order valence-corrected chi connectivity index (χ2v) is 4.65. The third kappa shape index (κ3) is 3.46. The standard InChI is InChI=1S/C14H15ClN2/c1-10-5-11(2)7-12(6-10)8-16-14-4-3-13(15)9-17-14/h3-7,9H,8H2,1-2H3,(H,16,17). The van der Waals surface area contributed by atoms with Crippen LogP contribution in [0.2, 0.25) is 5.02 Å². The zero-order chi connectivity index (χ0) is 12.3. The summed E-state index contributed by atoms with van der Waals surface area (Å²) in [7, 11) is 0. The molecule has 0 fully saturated rings. The van der Waals surface area contributed by atoms with Crippen LogP contribution in [0, 0.1) is 13.8 Å². The van der Waals surface area contributed by atoms with E-state index in [-0.39, 0.29) is 0 Å². The highest BCUT2D eigenvalue weighted by Gasteiger charge is 1.97. The maximum Gasteiger partial charge on any atom is 0.126 e. The molecular formula is C14H15ClN2. The van der Waals surface area contributed by atoms with Gasteiger partial charge in [-0.25, -0.2) is 4.98 Å². The summed E-state index contributed by atoms with van der Waals surface area (Å²) in [6.07, 6.45) is 1.64. The molecule has 1 aromatic heterocycles. The number of halogens is 1. The summed E-state index contributed by atoms with van der Waals surface area (Å²) in [5, 5.41) is 3.93. The molecule has 0 unspecified atom stereocenters. The van der Waals surface area contributed by atoms with Gasteiger partial charge in [-0.3, -0.25) is 0 Å². The zero-order valence-electron chi connectivity index (χ0n) is 10.00. The molecule has 1 aromatic carbocycles. The van der Waals surface area contributed by atoms with Crippen molar-refractivity contribution in [2.45, 2.75) is 20.4 Å². The first kappa shape index (κ1) is 11.9. The molecule has 0 bridgehead atoms. The van der Waals surface area contributed by atoms with Crippen molar-refractivity contribution in [3.8, 4) is 0 Å². The van der Waals surface area contributed by atoms with Crippen molar-refractivity contribution in [1.82, 2.24) is 4.98 Å². The van der Waals surface area contributed by atoms with Crippen LogP contribution in [-0.2, 0) is 6.54 Å². The predicted octanol–water partition coefficient (Wildman–Crippen LogP) is 3.96. The van der Waals surface area contributed by atoms with E-state index in [0.717, 1.165) is 12.4 Å². The fraction of sp³-hybridized carbons (Fsp3) is 0.214. The van der Waals surface area contributed by atoms with Gasteiger partial charge in [0.05, 0.1) is 5.02 Å². The van der Waals surface area contributed by atoms with Gasteiger partial charge >= 0.3 is 0 Å². The summed E-state index contributed by atoms with van der Waals surface area (Å²) in [6.45, 7) is 4.99. The molecule has 0 saturated carbocycles. The largest absolute Gasteiger partial charge is 0.366 e. The molecule has 88 valence electrons. The summed E-state index contributed by atoms with van der Waals surface area (Å²) >= 11 is 5.78. The SMILES string of the molecule is Cc1cc(C)cc(CNc2ccc(Cl)cn2)c1. The van der Waals surface area contributed by atoms with Crippen molar-refractivity contribution in [3.63, 3.8) is 0 Å². The van der Waals surface area contributed by atoms with Gasteiger partial charge in [-0.2, -0.15) is 0 Å². The Morgan fingerprint density at radius 3 is 2.41 bits per heavy atom. The first-order valence-electron chi connectivity index (χ1n) is 5.56. The summed E-state index contributed by atoms with van der Waals surface area (Å²) in [5.74, 6) is 0.841. The fourth-order valence-corrected chi connectivity index (χ4v) is 1.96. The summed E-state index contributed by atoms with van der Waals surface area (Å²) < 4.78 is 0. The minimum atomic E-state index is 0.655. The second-order valence-electron chi connectivity index (χ2n) is 4.21. The van der Waals surface area contributed by atoms with Gasteiger partial charge < -0.3 is 5.32 Å². The van der Waals surface area contributed by atoms with E-state index in [4.69, 9.17) is 11.6 Å². The van der Waals surface area contributed by atoms with Crippen LogP contribution < -0.4 is 5.32 Å². The van der Waals surface area contributed by atoms with Gasteiger partial charge in [-0.15, -0.1) is 0 Å². The number of hydrogen-bond donors (Lipinski definition) is 1. The van der Waals surface area contributed by atoms with Crippen LogP contribution in [0.25, 0.3) is 0 Å². The first-order valence-corrected chi connectivity index (χ1v) is 5.94. The maximum absolute atomic E-state index is 5.78. The van der Waals surface area contributed by atoms with E-state index in [1.807, 2.05) is 12.1 Å². The lowest BCUT2D eigenvalue weighted by molar-refractivity contribution is 1.10. The van der Waals surface area contributed by atoms with Crippen LogP contribution in [-0.4, -0.2) is 4.98 Å². The van der Waals surface area contributed by atoms with E-state index >= 15 is 0 Å². The van der Waals surface area contributed by atoms with E-state index in [0.29, 0.717) is 5.02 Å². The van der Waals surface area contributed by atoms with Crippen LogP contribution in [0.1, 0.15) is 16.7 Å². The van der Waals surface area contributed by atoms with E-state index in [1.165, 1.54) is 16.7 Å². The molecule has 0 aliphatic heterocycles. The average molecular weight is 247 g/mol. The van der Waals surface area contributed by atoms with E-state index in [2.05, 4.69) is 42.3 Å². The van der Waals surface area contributed by atoms with E-state index in [1.54, 1.807) is 6.20 Å². The van der Waals surface area contributed by atoms with Crippen molar-refractivity contribution in [2.75, 3.05) is 5.32 Å². The van der Waals surface area contributed by atoms with Gasteiger partial charge in [0.15, 0.2) is 0 Å². The van der Waals surface area contributed by atoms with Gasteiger partial charge in [0.1, 0.15) is 5.82 Å². The average Bonchev–Trinajstić information content (AvgIpc) is 2.27. The Morgan fingerprint density at radius 1 is 1.12 bits per heavy atom. The van der Waals surface area contributed by atoms with Crippen molar-refractivity contribution in [1.29, 1.82) is 0 Å². The molecule has 2 rings (SSSR count). The number of hydrogen-bond acceptors (Lipinski definition) is 2. The van der Waals surface area contributed by atoms with Crippen LogP contribution in [0.4, 0.5) is 5.82 Å². The third-order valence-electron chi connectivity index (χ3n) is 2.48. The summed E-state index contributed by atoms with van der Waals surface area (Å²) in [4.78, 5) is 4.20. The molecular weight excluding hydrogens is 232 g/mol. The van der Waals surface area contributed by atoms with E-state index in [9.17, 15) is 0 Å². The van der Waals surface area contributed by atoms with Crippen molar-refractivity contribution in [2.24, 2.45) is 0 Å². The molecule has 17 heavy (non-hydrogen) atoms. The molecule has 2 nitrogen and oxygen atoms in total. The Balaban J connectivity index is 2.04. The Bertz CT molecular complexity index is 486. The highest BCUT2D eigenvalue weighted by molar-refractivity contribution is 6.30. The van der Waals surface area contributed by atoms with E-state index < -0.39 is 0 Å². The summed E-state index contributed by atoms with van der Waals surface area (Å²) in [5.41, 5.74) is 3.83. The number of pyridine rings is 1. The second kappa shape index (κ2) is 5.19.